The summed E-state index contributed by atoms with van der Waals surface area (Å²) < 4.78 is 2.21. The van der Waals surface area contributed by atoms with Gasteiger partial charge in [-0.05, 0) is 79.4 Å². The first kappa shape index (κ1) is 18.4. The average Bonchev–Trinajstić information content (AvgIpc) is 3.05. The molecule has 1 aromatic heterocycles. The van der Waals surface area contributed by atoms with Gasteiger partial charge in [-0.1, -0.05) is 23.7 Å². The van der Waals surface area contributed by atoms with Crippen LogP contribution in [0.2, 0.25) is 5.02 Å². The number of aromatic nitrogens is 3. The molecule has 2 N–H and O–H groups in total. The summed E-state index contributed by atoms with van der Waals surface area (Å²) >= 11 is 6.07. The smallest absolute Gasteiger partial charge is 0.137 e. The molecule has 148 valence electrons. The van der Waals surface area contributed by atoms with Crippen LogP contribution >= 0.6 is 11.6 Å². The van der Waals surface area contributed by atoms with Crippen LogP contribution < -0.4 is 10.6 Å². The van der Waals surface area contributed by atoms with E-state index in [-0.39, 0.29) is 6.04 Å². The summed E-state index contributed by atoms with van der Waals surface area (Å²) in [4.78, 5) is 0. The van der Waals surface area contributed by atoms with Gasteiger partial charge in [-0.2, -0.15) is 0 Å². The molecule has 2 aliphatic rings. The van der Waals surface area contributed by atoms with Crippen molar-refractivity contribution in [3.8, 4) is 5.69 Å². The van der Waals surface area contributed by atoms with Gasteiger partial charge < -0.3 is 10.6 Å². The van der Waals surface area contributed by atoms with Gasteiger partial charge >= 0.3 is 0 Å². The van der Waals surface area contributed by atoms with E-state index in [2.05, 4.69) is 49.7 Å². The van der Waals surface area contributed by atoms with Crippen LogP contribution in [0.5, 0.6) is 0 Å². The molecule has 1 atom stereocenters. The lowest BCUT2D eigenvalue weighted by Crippen LogP contribution is -2.20. The van der Waals surface area contributed by atoms with Gasteiger partial charge in [0.25, 0.3) is 0 Å². The van der Waals surface area contributed by atoms with Crippen LogP contribution in [0.3, 0.4) is 0 Å². The Morgan fingerprint density at radius 1 is 1.10 bits per heavy atom. The number of hydrogen-bond acceptors (Lipinski definition) is 4. The van der Waals surface area contributed by atoms with Crippen molar-refractivity contribution in [3.63, 3.8) is 0 Å². The topological polar surface area (TPSA) is 54.8 Å². The number of rotatable bonds is 3. The third-order valence-corrected chi connectivity index (χ3v) is 6.06. The van der Waals surface area contributed by atoms with Gasteiger partial charge in [-0.15, -0.1) is 10.2 Å². The molecular weight excluding hydrogens is 382 g/mol. The van der Waals surface area contributed by atoms with Gasteiger partial charge in [0.15, 0.2) is 0 Å². The van der Waals surface area contributed by atoms with Crippen LogP contribution in [0.25, 0.3) is 11.3 Å². The fourth-order valence-corrected chi connectivity index (χ4v) is 4.46. The molecule has 29 heavy (non-hydrogen) atoms. The molecule has 0 amide bonds. The second-order valence-electron chi connectivity index (χ2n) is 7.70. The minimum atomic E-state index is 0.189. The van der Waals surface area contributed by atoms with Crippen LogP contribution in [0.1, 0.15) is 41.7 Å². The van der Waals surface area contributed by atoms with Crippen molar-refractivity contribution in [1.29, 1.82) is 0 Å². The number of halogens is 1. The minimum Gasteiger partial charge on any atom is -0.378 e. The minimum absolute atomic E-state index is 0.189. The number of nitrogens with one attached hydrogen (secondary N) is 2. The van der Waals surface area contributed by atoms with Crippen LogP contribution in [0.15, 0.2) is 48.5 Å². The Morgan fingerprint density at radius 2 is 1.97 bits per heavy atom. The first-order valence-corrected chi connectivity index (χ1v) is 10.5. The van der Waals surface area contributed by atoms with E-state index in [0.717, 1.165) is 54.7 Å². The zero-order valence-corrected chi connectivity index (χ0v) is 17.2. The number of fused-ring (bicyclic) bond motifs is 3. The highest BCUT2D eigenvalue weighted by molar-refractivity contribution is 6.30. The lowest BCUT2D eigenvalue weighted by atomic mass is 9.93. The summed E-state index contributed by atoms with van der Waals surface area (Å²) in [6.45, 7) is 3.99. The largest absolute Gasteiger partial charge is 0.378 e. The SMILES string of the molecule is Cc1nnc2n1-c1ccc(C3=CCNCC3)cc1C(Nc1ccc(Cl)cc1)CC2. The summed E-state index contributed by atoms with van der Waals surface area (Å²) in [5.74, 6) is 1.96. The molecule has 5 nitrogen and oxygen atoms in total. The third-order valence-electron chi connectivity index (χ3n) is 5.81. The number of aryl methyl sites for hydroxylation is 2. The molecule has 5 rings (SSSR count). The lowest BCUT2D eigenvalue weighted by molar-refractivity contribution is 0.685. The molecule has 0 aliphatic carbocycles. The summed E-state index contributed by atoms with van der Waals surface area (Å²) in [7, 11) is 0. The van der Waals surface area contributed by atoms with Crippen molar-refractivity contribution < 1.29 is 0 Å². The quantitative estimate of drug-likeness (QED) is 0.662. The van der Waals surface area contributed by atoms with Crippen molar-refractivity contribution in [2.75, 3.05) is 18.4 Å². The third kappa shape index (κ3) is 3.56. The fourth-order valence-electron chi connectivity index (χ4n) is 4.33. The molecule has 0 spiro atoms. The summed E-state index contributed by atoms with van der Waals surface area (Å²) in [5.41, 5.74) is 6.26. The predicted octanol–water partition coefficient (Wildman–Crippen LogP) is 4.71. The standard InChI is InChI=1S/C23H24ClN5/c1-15-27-28-23-9-7-21(26-19-5-3-18(24)4-6-19)20-14-17(2-8-22(20)29(15)23)16-10-12-25-13-11-16/h2-6,8,10,14,21,25-26H,7,9,11-13H2,1H3. The van der Waals surface area contributed by atoms with E-state index in [0.29, 0.717) is 0 Å². The summed E-state index contributed by atoms with van der Waals surface area (Å²) in [5, 5.41) is 16.6. The first-order valence-electron chi connectivity index (χ1n) is 10.2. The summed E-state index contributed by atoms with van der Waals surface area (Å²) in [6.07, 6.45) is 5.20. The van der Waals surface area contributed by atoms with Crippen LogP contribution in [-0.2, 0) is 6.42 Å². The van der Waals surface area contributed by atoms with Gasteiger partial charge in [0.05, 0.1) is 11.7 Å². The Bertz CT molecular complexity index is 1070. The van der Waals surface area contributed by atoms with E-state index in [1.165, 1.54) is 22.4 Å². The van der Waals surface area contributed by atoms with Crippen molar-refractivity contribution in [2.24, 2.45) is 0 Å². The number of hydrogen-bond donors (Lipinski definition) is 2. The van der Waals surface area contributed by atoms with Gasteiger partial charge in [0.1, 0.15) is 11.6 Å². The zero-order chi connectivity index (χ0) is 19.8. The van der Waals surface area contributed by atoms with Crippen molar-refractivity contribution >= 4 is 22.9 Å². The summed E-state index contributed by atoms with van der Waals surface area (Å²) in [6, 6.07) is 14.9. The van der Waals surface area contributed by atoms with E-state index in [9.17, 15) is 0 Å². The first-order chi connectivity index (χ1) is 14.2. The van der Waals surface area contributed by atoms with Crippen molar-refractivity contribution in [3.05, 3.63) is 76.3 Å². The molecule has 0 saturated carbocycles. The van der Waals surface area contributed by atoms with E-state index < -0.39 is 0 Å². The maximum atomic E-state index is 6.07. The highest BCUT2D eigenvalue weighted by Gasteiger charge is 2.25. The number of nitrogens with zero attached hydrogens (tertiary/aromatic N) is 3. The Hall–Kier alpha value is -2.63. The molecule has 2 aromatic carbocycles. The molecule has 1 unspecified atom stereocenters. The second-order valence-corrected chi connectivity index (χ2v) is 8.13. The Kier molecular flexibility index (Phi) is 4.86. The molecule has 3 heterocycles. The highest BCUT2D eigenvalue weighted by atomic mass is 35.5. The Labute approximate surface area is 175 Å². The Morgan fingerprint density at radius 3 is 2.76 bits per heavy atom. The van der Waals surface area contributed by atoms with Crippen molar-refractivity contribution in [1.82, 2.24) is 20.1 Å². The van der Waals surface area contributed by atoms with E-state index in [1.54, 1.807) is 0 Å². The van der Waals surface area contributed by atoms with Crippen LogP contribution in [0.4, 0.5) is 5.69 Å². The molecule has 6 heteroatoms. The fraction of sp³-hybridized carbons (Fsp3) is 0.304. The van der Waals surface area contributed by atoms with Gasteiger partial charge in [0.2, 0.25) is 0 Å². The molecular formula is C23H24ClN5. The maximum absolute atomic E-state index is 6.07. The molecule has 0 radical (unpaired) electrons. The van der Waals surface area contributed by atoms with Crippen LogP contribution in [-0.4, -0.2) is 27.9 Å². The monoisotopic (exact) mass is 405 g/mol. The van der Waals surface area contributed by atoms with Crippen LogP contribution in [0, 0.1) is 6.92 Å². The number of anilines is 1. The van der Waals surface area contributed by atoms with Gasteiger partial charge in [-0.25, -0.2) is 0 Å². The highest BCUT2D eigenvalue weighted by Crippen LogP contribution is 2.36. The number of benzene rings is 2. The Balaban J connectivity index is 1.59. The molecule has 3 aromatic rings. The van der Waals surface area contributed by atoms with E-state index in [4.69, 9.17) is 11.6 Å². The molecule has 0 bridgehead atoms. The van der Waals surface area contributed by atoms with Gasteiger partial charge in [0, 0.05) is 23.7 Å². The van der Waals surface area contributed by atoms with Crippen molar-refractivity contribution in [2.45, 2.75) is 32.2 Å². The molecule has 2 aliphatic heterocycles. The molecule has 0 fully saturated rings. The normalized spacial score (nSPS) is 18.4. The zero-order valence-electron chi connectivity index (χ0n) is 16.5. The van der Waals surface area contributed by atoms with Gasteiger partial charge in [-0.3, -0.25) is 4.57 Å². The predicted molar refractivity (Wildman–Crippen MR) is 118 cm³/mol. The van der Waals surface area contributed by atoms with E-state index in [1.807, 2.05) is 31.2 Å². The average molecular weight is 406 g/mol. The second kappa shape index (κ2) is 7.65. The molecule has 0 saturated heterocycles. The van der Waals surface area contributed by atoms with E-state index >= 15 is 0 Å². The lowest BCUT2D eigenvalue weighted by Gasteiger charge is -2.23. The maximum Gasteiger partial charge on any atom is 0.137 e.